The number of phenols is 1. The summed E-state index contributed by atoms with van der Waals surface area (Å²) < 4.78 is 4.96. The van der Waals surface area contributed by atoms with Crippen molar-refractivity contribution in [3.8, 4) is 5.75 Å². The Hall–Kier alpha value is -3.19. The van der Waals surface area contributed by atoms with E-state index < -0.39 is 0 Å². The van der Waals surface area contributed by atoms with Gasteiger partial charge in [-0.05, 0) is 40.7 Å². The predicted molar refractivity (Wildman–Crippen MR) is 138 cm³/mol. The lowest BCUT2D eigenvalue weighted by atomic mass is 9.78. The maximum atomic E-state index is 13.4. The van der Waals surface area contributed by atoms with Gasteiger partial charge in [0.2, 0.25) is 0 Å². The molecule has 0 saturated heterocycles. The number of ether oxygens (including phenoxy) is 1. The fourth-order valence-corrected chi connectivity index (χ4v) is 4.24. The van der Waals surface area contributed by atoms with Crippen LogP contribution in [0.5, 0.6) is 5.75 Å². The van der Waals surface area contributed by atoms with E-state index >= 15 is 0 Å². The summed E-state index contributed by atoms with van der Waals surface area (Å²) in [7, 11) is 1.57. The molecule has 0 bridgehead atoms. The number of nitrogens with zero attached hydrogens (tertiary/aromatic N) is 1. The molecule has 7 nitrogen and oxygen atoms in total. The quantitative estimate of drug-likeness (QED) is 0.404. The molecule has 0 atom stereocenters. The standard InChI is InChI=1S/C28H37N3O4/c1-27(2,3)21-13-19(14-22(24(21)33)28(4,5)6)23(32)16-31-15-18-9-8-17(12-20(18)25(31)29)26(34)30-10-11-35-7/h8-9,12-14,29,33H,10-11,15-16H2,1-7H3,(H,30,34). The Labute approximate surface area is 208 Å². The third-order valence-electron chi connectivity index (χ3n) is 6.28. The number of phenolic OH excluding ortho intramolecular Hbond substituents is 1. The Bertz CT molecular complexity index is 1120. The zero-order valence-electron chi connectivity index (χ0n) is 21.8. The Morgan fingerprint density at radius 3 is 2.17 bits per heavy atom. The molecule has 0 fully saturated rings. The number of ketones is 1. The van der Waals surface area contributed by atoms with E-state index in [0.29, 0.717) is 36.4 Å². The van der Waals surface area contributed by atoms with Crippen molar-refractivity contribution in [3.63, 3.8) is 0 Å². The molecule has 0 radical (unpaired) electrons. The number of nitrogens with one attached hydrogen (secondary N) is 2. The van der Waals surface area contributed by atoms with Gasteiger partial charge in [-0.15, -0.1) is 0 Å². The smallest absolute Gasteiger partial charge is 0.251 e. The number of fused-ring (bicyclic) bond motifs is 1. The number of methoxy groups -OCH3 is 1. The molecule has 188 valence electrons. The molecule has 35 heavy (non-hydrogen) atoms. The minimum atomic E-state index is -0.336. The van der Waals surface area contributed by atoms with Crippen molar-refractivity contribution < 1.29 is 19.4 Å². The minimum Gasteiger partial charge on any atom is -0.507 e. The molecule has 2 aromatic carbocycles. The highest BCUT2D eigenvalue weighted by Crippen LogP contribution is 2.40. The molecule has 0 saturated carbocycles. The highest BCUT2D eigenvalue weighted by atomic mass is 16.5. The summed E-state index contributed by atoms with van der Waals surface area (Å²) in [5, 5.41) is 22.4. The molecule has 1 heterocycles. The third-order valence-corrected chi connectivity index (χ3v) is 6.28. The molecule has 3 N–H and O–H groups in total. The average molecular weight is 480 g/mol. The van der Waals surface area contributed by atoms with Crippen LogP contribution in [-0.2, 0) is 22.1 Å². The van der Waals surface area contributed by atoms with Gasteiger partial charge < -0.3 is 20.1 Å². The summed E-state index contributed by atoms with van der Waals surface area (Å²) >= 11 is 0. The van der Waals surface area contributed by atoms with Crippen molar-refractivity contribution in [2.45, 2.75) is 58.9 Å². The second-order valence-corrected chi connectivity index (χ2v) is 11.2. The Balaban J connectivity index is 1.84. The number of benzene rings is 2. The van der Waals surface area contributed by atoms with E-state index in [1.54, 1.807) is 36.3 Å². The molecule has 0 aliphatic carbocycles. The van der Waals surface area contributed by atoms with Crippen molar-refractivity contribution in [3.05, 3.63) is 63.7 Å². The lowest BCUT2D eigenvalue weighted by Gasteiger charge is -2.28. The summed E-state index contributed by atoms with van der Waals surface area (Å²) in [6.45, 7) is 13.4. The summed E-state index contributed by atoms with van der Waals surface area (Å²) in [6.07, 6.45) is 0. The van der Waals surface area contributed by atoms with Crippen molar-refractivity contribution in [1.29, 1.82) is 5.41 Å². The molecule has 0 unspecified atom stereocenters. The number of amidine groups is 1. The van der Waals surface area contributed by atoms with E-state index in [0.717, 1.165) is 16.7 Å². The number of hydrogen-bond acceptors (Lipinski definition) is 5. The lowest BCUT2D eigenvalue weighted by Crippen LogP contribution is -2.31. The van der Waals surface area contributed by atoms with Gasteiger partial charge in [0.15, 0.2) is 5.78 Å². The summed E-state index contributed by atoms with van der Waals surface area (Å²) in [5.74, 6) is 0.127. The van der Waals surface area contributed by atoms with Crippen LogP contribution in [0.15, 0.2) is 30.3 Å². The Kier molecular flexibility index (Phi) is 7.41. The second-order valence-electron chi connectivity index (χ2n) is 11.2. The van der Waals surface area contributed by atoms with Crippen LogP contribution in [0.2, 0.25) is 0 Å². The van der Waals surface area contributed by atoms with E-state index in [-0.39, 0.29) is 40.7 Å². The van der Waals surface area contributed by atoms with Gasteiger partial charge in [0.25, 0.3) is 5.91 Å². The van der Waals surface area contributed by atoms with E-state index in [1.807, 2.05) is 47.6 Å². The second kappa shape index (κ2) is 9.82. The first-order valence-electron chi connectivity index (χ1n) is 11.9. The summed E-state index contributed by atoms with van der Waals surface area (Å²) in [4.78, 5) is 27.5. The van der Waals surface area contributed by atoms with Gasteiger partial charge >= 0.3 is 0 Å². The summed E-state index contributed by atoms with van der Waals surface area (Å²) in [5.41, 5.74) is 3.37. The average Bonchev–Trinajstić information content (AvgIpc) is 3.07. The van der Waals surface area contributed by atoms with Crippen molar-refractivity contribution >= 4 is 17.5 Å². The van der Waals surface area contributed by atoms with Crippen molar-refractivity contribution in [2.24, 2.45) is 0 Å². The van der Waals surface area contributed by atoms with E-state index in [1.165, 1.54) is 0 Å². The number of aromatic hydroxyl groups is 1. The molecule has 0 aromatic heterocycles. The number of Topliss-reactive ketones (excluding diaryl/α,β-unsaturated/α-hetero) is 1. The van der Waals surface area contributed by atoms with Gasteiger partial charge in [0.1, 0.15) is 11.6 Å². The number of carbonyl (C=O) groups is 2. The highest BCUT2D eigenvalue weighted by molar-refractivity contribution is 6.07. The van der Waals surface area contributed by atoms with E-state index in [4.69, 9.17) is 10.1 Å². The number of carbonyl (C=O) groups excluding carboxylic acids is 2. The normalized spacial score (nSPS) is 13.7. The van der Waals surface area contributed by atoms with Gasteiger partial charge in [-0.25, -0.2) is 0 Å². The molecule has 2 aromatic rings. The molecular weight excluding hydrogens is 442 g/mol. The van der Waals surface area contributed by atoms with Gasteiger partial charge in [-0.1, -0.05) is 47.6 Å². The van der Waals surface area contributed by atoms with Gasteiger partial charge in [-0.3, -0.25) is 15.0 Å². The van der Waals surface area contributed by atoms with Crippen LogP contribution >= 0.6 is 0 Å². The number of amides is 1. The first-order valence-corrected chi connectivity index (χ1v) is 11.9. The van der Waals surface area contributed by atoms with Crippen LogP contribution in [0.25, 0.3) is 0 Å². The van der Waals surface area contributed by atoms with Gasteiger partial charge in [0, 0.05) is 48.0 Å². The SMILES string of the molecule is COCCNC(=O)c1ccc2c(c1)C(=N)N(CC(=O)c1cc(C(C)(C)C)c(O)c(C(C)(C)C)c1)C2. The Morgan fingerprint density at radius 1 is 1.03 bits per heavy atom. The van der Waals surface area contributed by atoms with Gasteiger partial charge in [-0.2, -0.15) is 0 Å². The largest absolute Gasteiger partial charge is 0.507 e. The molecule has 1 aliphatic rings. The zero-order chi connectivity index (χ0) is 26.1. The fraction of sp³-hybridized carbons (Fsp3) is 0.464. The molecule has 1 amide bonds. The maximum absolute atomic E-state index is 13.4. The van der Waals surface area contributed by atoms with E-state index in [9.17, 15) is 14.7 Å². The fourth-order valence-electron chi connectivity index (χ4n) is 4.24. The van der Waals surface area contributed by atoms with Crippen LogP contribution in [0.3, 0.4) is 0 Å². The minimum absolute atomic E-state index is 0.0425. The molecule has 1 aliphatic heterocycles. The number of rotatable bonds is 7. The van der Waals surface area contributed by atoms with Gasteiger partial charge in [0.05, 0.1) is 13.2 Å². The van der Waals surface area contributed by atoms with E-state index in [2.05, 4.69) is 5.32 Å². The highest BCUT2D eigenvalue weighted by Gasteiger charge is 2.30. The first-order chi connectivity index (χ1) is 16.2. The molecular formula is C28H37N3O4. The summed E-state index contributed by atoms with van der Waals surface area (Å²) in [6, 6.07) is 8.85. The monoisotopic (exact) mass is 479 g/mol. The maximum Gasteiger partial charge on any atom is 0.251 e. The van der Waals surface area contributed by atoms with Crippen LogP contribution < -0.4 is 5.32 Å². The lowest BCUT2D eigenvalue weighted by molar-refractivity contribution is 0.0935. The van der Waals surface area contributed by atoms with Crippen molar-refractivity contribution in [1.82, 2.24) is 10.2 Å². The molecule has 3 rings (SSSR count). The molecule has 0 spiro atoms. The topological polar surface area (TPSA) is 103 Å². The van der Waals surface area contributed by atoms with Crippen LogP contribution in [0, 0.1) is 5.41 Å². The number of hydrogen-bond donors (Lipinski definition) is 3. The molecule has 7 heteroatoms. The van der Waals surface area contributed by atoms with Crippen LogP contribution in [0.1, 0.15) is 84.5 Å². The van der Waals surface area contributed by atoms with Crippen LogP contribution in [-0.4, -0.2) is 54.3 Å². The predicted octanol–water partition coefficient (Wildman–Crippen LogP) is 4.39. The van der Waals surface area contributed by atoms with Crippen molar-refractivity contribution in [2.75, 3.05) is 26.8 Å². The first kappa shape index (κ1) is 26.4. The third kappa shape index (κ3) is 5.73. The Morgan fingerprint density at radius 2 is 1.63 bits per heavy atom. The zero-order valence-corrected chi connectivity index (χ0v) is 21.8. The van der Waals surface area contributed by atoms with Crippen LogP contribution in [0.4, 0.5) is 0 Å².